The van der Waals surface area contributed by atoms with E-state index in [9.17, 15) is 0 Å². The van der Waals surface area contributed by atoms with Crippen LogP contribution in [-0.2, 0) is 0 Å². The Morgan fingerprint density at radius 1 is 1.45 bits per heavy atom. The Morgan fingerprint density at radius 3 is 2.45 bits per heavy atom. The van der Waals surface area contributed by atoms with Crippen LogP contribution in [0.1, 0.15) is 26.2 Å². The van der Waals surface area contributed by atoms with Gasteiger partial charge in [-0.3, -0.25) is 0 Å². The highest BCUT2D eigenvalue weighted by atomic mass is 15.3. The first-order chi connectivity index (χ1) is 5.12. The second-order valence-electron chi connectivity index (χ2n) is 3.28. The summed E-state index contributed by atoms with van der Waals surface area (Å²) in [4.78, 5) is 0. The standard InChI is InChI=1S/C7H14N4/c1-7(3-2-4-7)5-10-11-6(8)9/h5H,2-4H2,1H3,(H4,8,9,11)/b10-5+. The maximum Gasteiger partial charge on any atom is 0.211 e. The number of nitrogens with zero attached hydrogens (tertiary/aromatic N) is 2. The summed E-state index contributed by atoms with van der Waals surface area (Å²) in [5, 5.41) is 7.31. The zero-order chi connectivity index (χ0) is 8.32. The van der Waals surface area contributed by atoms with E-state index < -0.39 is 0 Å². The van der Waals surface area contributed by atoms with Gasteiger partial charge in [0.05, 0.1) is 0 Å². The van der Waals surface area contributed by atoms with Gasteiger partial charge in [0.25, 0.3) is 0 Å². The molecule has 0 atom stereocenters. The molecule has 0 aromatic rings. The van der Waals surface area contributed by atoms with Gasteiger partial charge in [-0.05, 0) is 12.8 Å². The van der Waals surface area contributed by atoms with Crippen molar-refractivity contribution in [2.45, 2.75) is 26.2 Å². The summed E-state index contributed by atoms with van der Waals surface area (Å²) in [6.07, 6.45) is 5.49. The molecule has 0 amide bonds. The smallest absolute Gasteiger partial charge is 0.211 e. The quantitative estimate of drug-likeness (QED) is 0.344. The molecule has 4 nitrogen and oxygen atoms in total. The molecular weight excluding hydrogens is 140 g/mol. The van der Waals surface area contributed by atoms with Crippen molar-refractivity contribution in [3.8, 4) is 0 Å². The predicted molar refractivity (Wildman–Crippen MR) is 46.3 cm³/mol. The van der Waals surface area contributed by atoms with Gasteiger partial charge >= 0.3 is 0 Å². The van der Waals surface area contributed by atoms with Crippen LogP contribution in [0.5, 0.6) is 0 Å². The molecule has 0 spiro atoms. The van der Waals surface area contributed by atoms with Crippen molar-refractivity contribution >= 4 is 12.2 Å². The molecule has 0 unspecified atom stereocenters. The van der Waals surface area contributed by atoms with Gasteiger partial charge in [0.2, 0.25) is 5.96 Å². The maximum atomic E-state index is 5.10. The molecule has 0 radical (unpaired) electrons. The minimum Gasteiger partial charge on any atom is -0.369 e. The summed E-state index contributed by atoms with van der Waals surface area (Å²) in [6.45, 7) is 2.15. The van der Waals surface area contributed by atoms with Crippen LogP contribution in [0.25, 0.3) is 0 Å². The fourth-order valence-electron chi connectivity index (χ4n) is 1.10. The Balaban J connectivity index is 2.40. The Hall–Kier alpha value is -1.06. The molecule has 1 fully saturated rings. The average molecular weight is 154 g/mol. The molecule has 0 aliphatic heterocycles. The molecule has 0 saturated heterocycles. The SMILES string of the molecule is CC1(/C=N/N=C(N)N)CCC1. The topological polar surface area (TPSA) is 76.8 Å². The Bertz CT molecular complexity index is 187. The highest BCUT2D eigenvalue weighted by molar-refractivity contribution is 5.76. The molecule has 0 bridgehead atoms. The first-order valence-electron chi connectivity index (χ1n) is 3.75. The zero-order valence-electron chi connectivity index (χ0n) is 6.75. The molecule has 0 aromatic carbocycles. The summed E-state index contributed by atoms with van der Waals surface area (Å²) in [6, 6.07) is 0. The van der Waals surface area contributed by atoms with Crippen LogP contribution in [0.15, 0.2) is 10.2 Å². The van der Waals surface area contributed by atoms with E-state index in [0.717, 1.165) is 0 Å². The maximum absolute atomic E-state index is 5.10. The number of rotatable bonds is 2. The van der Waals surface area contributed by atoms with Crippen LogP contribution in [0.3, 0.4) is 0 Å². The van der Waals surface area contributed by atoms with Gasteiger partial charge in [-0.2, -0.15) is 5.10 Å². The molecular formula is C7H14N4. The highest BCUT2D eigenvalue weighted by Crippen LogP contribution is 2.38. The summed E-state index contributed by atoms with van der Waals surface area (Å²) >= 11 is 0. The van der Waals surface area contributed by atoms with Crippen molar-refractivity contribution in [3.05, 3.63) is 0 Å². The molecule has 4 heteroatoms. The van der Waals surface area contributed by atoms with Crippen LogP contribution in [0, 0.1) is 5.41 Å². The van der Waals surface area contributed by atoms with E-state index in [2.05, 4.69) is 17.1 Å². The van der Waals surface area contributed by atoms with Gasteiger partial charge in [0.1, 0.15) is 0 Å². The van der Waals surface area contributed by atoms with Crippen molar-refractivity contribution in [2.75, 3.05) is 0 Å². The van der Waals surface area contributed by atoms with Gasteiger partial charge in [-0.1, -0.05) is 13.3 Å². The lowest BCUT2D eigenvalue weighted by atomic mass is 9.72. The van der Waals surface area contributed by atoms with Crippen LogP contribution >= 0.6 is 0 Å². The van der Waals surface area contributed by atoms with Gasteiger partial charge in [-0.25, -0.2) is 0 Å². The third-order valence-corrected chi connectivity index (χ3v) is 2.04. The second kappa shape index (κ2) is 2.90. The van der Waals surface area contributed by atoms with Gasteiger partial charge in [-0.15, -0.1) is 5.10 Å². The summed E-state index contributed by atoms with van der Waals surface area (Å²) in [5.74, 6) is 0.0178. The first kappa shape index (κ1) is 8.04. The monoisotopic (exact) mass is 154 g/mol. The normalized spacial score (nSPS) is 21.2. The van der Waals surface area contributed by atoms with E-state index >= 15 is 0 Å². The largest absolute Gasteiger partial charge is 0.369 e. The third-order valence-electron chi connectivity index (χ3n) is 2.04. The van der Waals surface area contributed by atoms with Crippen molar-refractivity contribution < 1.29 is 0 Å². The van der Waals surface area contributed by atoms with E-state index in [0.29, 0.717) is 0 Å². The molecule has 0 aromatic heterocycles. The molecule has 1 aliphatic rings. The van der Waals surface area contributed by atoms with E-state index in [1.165, 1.54) is 19.3 Å². The van der Waals surface area contributed by atoms with Gasteiger partial charge in [0, 0.05) is 11.6 Å². The lowest BCUT2D eigenvalue weighted by Gasteiger charge is -2.33. The minimum absolute atomic E-state index is 0.0178. The summed E-state index contributed by atoms with van der Waals surface area (Å²) in [7, 11) is 0. The number of hydrogen-bond donors (Lipinski definition) is 2. The molecule has 11 heavy (non-hydrogen) atoms. The first-order valence-corrected chi connectivity index (χ1v) is 3.75. The predicted octanol–water partition coefficient (Wildman–Crippen LogP) is 0.436. The Labute approximate surface area is 66.4 Å². The molecule has 1 rings (SSSR count). The average Bonchev–Trinajstić information content (AvgIpc) is 1.83. The van der Waals surface area contributed by atoms with Crippen LogP contribution < -0.4 is 11.5 Å². The highest BCUT2D eigenvalue weighted by Gasteiger charge is 2.29. The Kier molecular flexibility index (Phi) is 2.12. The second-order valence-corrected chi connectivity index (χ2v) is 3.28. The molecule has 1 saturated carbocycles. The number of guanidine groups is 1. The summed E-state index contributed by atoms with van der Waals surface area (Å²) < 4.78 is 0. The molecule has 62 valence electrons. The van der Waals surface area contributed by atoms with E-state index in [1.54, 1.807) is 0 Å². The number of hydrogen-bond acceptors (Lipinski definition) is 2. The van der Waals surface area contributed by atoms with E-state index in [4.69, 9.17) is 11.5 Å². The number of nitrogens with two attached hydrogens (primary N) is 2. The van der Waals surface area contributed by atoms with Crippen LogP contribution in [0.4, 0.5) is 0 Å². The van der Waals surface area contributed by atoms with Crippen molar-refractivity contribution in [3.63, 3.8) is 0 Å². The fraction of sp³-hybridized carbons (Fsp3) is 0.714. The zero-order valence-corrected chi connectivity index (χ0v) is 6.75. The summed E-state index contributed by atoms with van der Waals surface area (Å²) in [5.41, 5.74) is 10.4. The van der Waals surface area contributed by atoms with Crippen molar-refractivity contribution in [2.24, 2.45) is 27.1 Å². The fourth-order valence-corrected chi connectivity index (χ4v) is 1.10. The lowest BCUT2D eigenvalue weighted by Crippen LogP contribution is -2.27. The van der Waals surface area contributed by atoms with Gasteiger partial charge in [0.15, 0.2) is 0 Å². The van der Waals surface area contributed by atoms with Gasteiger partial charge < -0.3 is 11.5 Å². The van der Waals surface area contributed by atoms with Crippen LogP contribution in [0.2, 0.25) is 0 Å². The Morgan fingerprint density at radius 2 is 2.09 bits per heavy atom. The third kappa shape index (κ3) is 2.22. The van der Waals surface area contributed by atoms with E-state index in [-0.39, 0.29) is 11.4 Å². The molecule has 1 aliphatic carbocycles. The van der Waals surface area contributed by atoms with Crippen molar-refractivity contribution in [1.29, 1.82) is 0 Å². The van der Waals surface area contributed by atoms with Crippen LogP contribution in [-0.4, -0.2) is 12.2 Å². The van der Waals surface area contributed by atoms with E-state index in [1.807, 2.05) is 6.21 Å². The molecule has 0 heterocycles. The lowest BCUT2D eigenvalue weighted by molar-refractivity contribution is 0.269. The minimum atomic E-state index is 0.0178. The molecule has 4 N–H and O–H groups in total. The van der Waals surface area contributed by atoms with Crippen molar-refractivity contribution in [1.82, 2.24) is 0 Å².